The van der Waals surface area contributed by atoms with Gasteiger partial charge < -0.3 is 12.6 Å². The zero-order valence-electron chi connectivity index (χ0n) is 4.74. The van der Waals surface area contributed by atoms with Crippen LogP contribution in [0.5, 0.6) is 0 Å². The lowest BCUT2D eigenvalue weighted by Crippen LogP contribution is -2.16. The highest BCUT2D eigenvalue weighted by atomic mass is 32.1. The second-order valence-corrected chi connectivity index (χ2v) is 1.99. The number of rotatable bonds is 0. The number of carbonyl (C=O) groups excluding carboxylic acids is 1. The highest BCUT2D eigenvalue weighted by Crippen LogP contribution is 2.00. The first-order valence-corrected chi connectivity index (χ1v) is 2.81. The third-order valence-corrected chi connectivity index (χ3v) is 1.05. The van der Waals surface area contributed by atoms with Gasteiger partial charge in [-0.1, -0.05) is 0 Å². The summed E-state index contributed by atoms with van der Waals surface area (Å²) in [5.41, 5.74) is 0. The zero-order chi connectivity index (χ0) is 6.85. The molecule has 0 N–H and O–H groups in total. The molecule has 0 saturated carbocycles. The van der Waals surface area contributed by atoms with E-state index in [2.05, 4.69) is 27.8 Å². The molecule has 4 nitrogen and oxygen atoms in total. The average Bonchev–Trinajstić information content (AvgIpc) is 1.80. The van der Waals surface area contributed by atoms with E-state index in [1.807, 2.05) is 0 Å². The van der Waals surface area contributed by atoms with E-state index < -0.39 is 6.04 Å². The van der Waals surface area contributed by atoms with Crippen molar-refractivity contribution in [3.05, 3.63) is 0 Å². The van der Waals surface area contributed by atoms with Crippen LogP contribution < -0.4 is 0 Å². The first kappa shape index (κ1) is 6.28. The van der Waals surface area contributed by atoms with Gasteiger partial charge in [0.1, 0.15) is 6.04 Å². The number of hydrogen-bond acceptors (Lipinski definition) is 4. The molecular formula is C4H4N3OS-. The largest absolute Gasteiger partial charge is 0.738 e. The highest BCUT2D eigenvalue weighted by Gasteiger charge is 2.11. The topological polar surface area (TPSA) is 54.1 Å². The van der Waals surface area contributed by atoms with Crippen molar-refractivity contribution < 1.29 is 4.79 Å². The number of amidine groups is 1. The van der Waals surface area contributed by atoms with E-state index in [-0.39, 0.29) is 11.1 Å². The van der Waals surface area contributed by atoms with E-state index in [4.69, 9.17) is 0 Å². The molecule has 1 atom stereocenters. The van der Waals surface area contributed by atoms with Crippen molar-refractivity contribution in [1.29, 1.82) is 0 Å². The van der Waals surface area contributed by atoms with E-state index in [1.165, 1.54) is 0 Å². The van der Waals surface area contributed by atoms with Gasteiger partial charge in [0.15, 0.2) is 0 Å². The summed E-state index contributed by atoms with van der Waals surface area (Å²) in [5, 5.41) is 6.99. The minimum Gasteiger partial charge on any atom is -0.738 e. The zero-order valence-corrected chi connectivity index (χ0v) is 5.55. The van der Waals surface area contributed by atoms with Crippen LogP contribution >= 0.6 is 0 Å². The monoisotopic (exact) mass is 142 g/mol. The predicted octanol–water partition coefficient (Wildman–Crippen LogP) is 0.270. The minimum absolute atomic E-state index is 0.0260. The van der Waals surface area contributed by atoms with Crippen molar-refractivity contribution in [2.24, 2.45) is 15.2 Å². The van der Waals surface area contributed by atoms with Gasteiger partial charge in [-0.15, -0.1) is 0 Å². The lowest BCUT2D eigenvalue weighted by Gasteiger charge is -2.09. The Kier molecular flexibility index (Phi) is 1.52. The summed E-state index contributed by atoms with van der Waals surface area (Å²) in [6.07, 6.45) is 0. The summed E-state index contributed by atoms with van der Waals surface area (Å²) >= 11 is 4.49. The normalized spacial score (nSPS) is 26.1. The lowest BCUT2D eigenvalue weighted by molar-refractivity contribution is -0.118. The summed E-state index contributed by atoms with van der Waals surface area (Å²) in [6.45, 7) is 1.62. The van der Waals surface area contributed by atoms with Crippen LogP contribution in [0.25, 0.3) is 0 Å². The molecule has 1 aliphatic heterocycles. The SMILES string of the molecule is CC1N=NC([S-])=NC1=O. The van der Waals surface area contributed by atoms with Crippen LogP contribution in [-0.4, -0.2) is 17.1 Å². The summed E-state index contributed by atoms with van der Waals surface area (Å²) in [5.74, 6) is -0.310. The molecule has 0 aromatic heterocycles. The number of nitrogens with zero attached hydrogens (tertiary/aromatic N) is 3. The molecule has 1 rings (SSSR count). The number of azo groups is 1. The fraction of sp³-hybridized carbons (Fsp3) is 0.500. The molecule has 0 aromatic rings. The van der Waals surface area contributed by atoms with Crippen LogP contribution in [0.3, 0.4) is 0 Å². The Balaban J connectivity index is 2.82. The molecule has 0 aromatic carbocycles. The third-order valence-electron chi connectivity index (χ3n) is 0.880. The van der Waals surface area contributed by atoms with E-state index in [1.54, 1.807) is 6.92 Å². The van der Waals surface area contributed by atoms with Crippen molar-refractivity contribution in [3.63, 3.8) is 0 Å². The number of hydrogen-bond donors (Lipinski definition) is 0. The Bertz CT molecular complexity index is 198. The van der Waals surface area contributed by atoms with E-state index in [0.29, 0.717) is 0 Å². The standard InChI is InChI=1S/C4H5N3OS/c1-2-3(8)5-4(9)7-6-2/h2H,1H3,(H,5,8,9)/p-1. The fourth-order valence-electron chi connectivity index (χ4n) is 0.395. The maximum absolute atomic E-state index is 10.6. The Morgan fingerprint density at radius 1 is 1.67 bits per heavy atom. The Morgan fingerprint density at radius 2 is 2.33 bits per heavy atom. The van der Waals surface area contributed by atoms with Crippen LogP contribution in [0.15, 0.2) is 15.2 Å². The number of carbonyl (C=O) groups is 1. The first-order valence-electron chi connectivity index (χ1n) is 2.40. The number of aliphatic imine (C=N–C) groups is 1. The van der Waals surface area contributed by atoms with Gasteiger partial charge in [-0.3, -0.25) is 4.79 Å². The molecule has 0 spiro atoms. The van der Waals surface area contributed by atoms with Gasteiger partial charge in [0.2, 0.25) is 0 Å². The molecule has 0 radical (unpaired) electrons. The summed E-state index contributed by atoms with van der Waals surface area (Å²) < 4.78 is 0. The van der Waals surface area contributed by atoms with Gasteiger partial charge in [-0.2, -0.15) is 10.2 Å². The smallest absolute Gasteiger partial charge is 0.272 e. The third kappa shape index (κ3) is 1.29. The van der Waals surface area contributed by atoms with Crippen LogP contribution in [0.4, 0.5) is 0 Å². The van der Waals surface area contributed by atoms with Crippen LogP contribution in [0.2, 0.25) is 0 Å². The Labute approximate surface area is 57.5 Å². The molecule has 0 aliphatic carbocycles. The van der Waals surface area contributed by atoms with E-state index >= 15 is 0 Å². The van der Waals surface area contributed by atoms with Crippen LogP contribution in [0, 0.1) is 0 Å². The molecule has 48 valence electrons. The highest BCUT2D eigenvalue weighted by molar-refractivity contribution is 7.77. The van der Waals surface area contributed by atoms with Crippen molar-refractivity contribution in [1.82, 2.24) is 0 Å². The van der Waals surface area contributed by atoms with Crippen molar-refractivity contribution in [2.45, 2.75) is 13.0 Å². The second-order valence-electron chi connectivity index (χ2n) is 1.62. The van der Waals surface area contributed by atoms with Gasteiger partial charge >= 0.3 is 0 Å². The van der Waals surface area contributed by atoms with E-state index in [9.17, 15) is 4.79 Å². The molecule has 1 heterocycles. The number of amides is 1. The molecule has 9 heavy (non-hydrogen) atoms. The predicted molar refractivity (Wildman–Crippen MR) is 34.1 cm³/mol. The van der Waals surface area contributed by atoms with Crippen molar-refractivity contribution in [2.75, 3.05) is 0 Å². The van der Waals surface area contributed by atoms with E-state index in [0.717, 1.165) is 0 Å². The van der Waals surface area contributed by atoms with Gasteiger partial charge in [0.05, 0.1) is 0 Å². The molecule has 0 saturated heterocycles. The molecule has 1 unspecified atom stereocenters. The van der Waals surface area contributed by atoms with Crippen LogP contribution in [-0.2, 0) is 17.4 Å². The van der Waals surface area contributed by atoms with Crippen molar-refractivity contribution >= 4 is 23.7 Å². The fourth-order valence-corrected chi connectivity index (χ4v) is 0.533. The Hall–Kier alpha value is -0.840. The molecule has 5 heteroatoms. The van der Waals surface area contributed by atoms with Gasteiger partial charge in [-0.05, 0) is 6.92 Å². The van der Waals surface area contributed by atoms with Gasteiger partial charge in [0, 0.05) is 5.17 Å². The van der Waals surface area contributed by atoms with Crippen molar-refractivity contribution in [3.8, 4) is 0 Å². The minimum atomic E-state index is -0.448. The lowest BCUT2D eigenvalue weighted by atomic mass is 10.3. The van der Waals surface area contributed by atoms with Crippen LogP contribution in [0.1, 0.15) is 6.92 Å². The average molecular weight is 142 g/mol. The molecular weight excluding hydrogens is 138 g/mol. The maximum Gasteiger partial charge on any atom is 0.272 e. The first-order chi connectivity index (χ1) is 4.20. The molecule has 1 aliphatic rings. The summed E-state index contributed by atoms with van der Waals surface area (Å²) in [4.78, 5) is 14.0. The molecule has 1 amide bonds. The summed E-state index contributed by atoms with van der Waals surface area (Å²) in [6, 6.07) is -0.448. The molecule has 0 bridgehead atoms. The maximum atomic E-state index is 10.6. The molecule has 0 fully saturated rings. The quantitative estimate of drug-likeness (QED) is 0.456. The Morgan fingerprint density at radius 3 is 2.78 bits per heavy atom. The van der Waals surface area contributed by atoms with Gasteiger partial charge in [-0.25, -0.2) is 4.99 Å². The van der Waals surface area contributed by atoms with Gasteiger partial charge in [0.25, 0.3) is 5.91 Å². The second kappa shape index (κ2) is 2.18. The summed E-state index contributed by atoms with van der Waals surface area (Å²) in [7, 11) is 0.